The maximum absolute atomic E-state index is 15.3. The summed E-state index contributed by atoms with van der Waals surface area (Å²) in [6.07, 6.45) is -5.00. The summed E-state index contributed by atoms with van der Waals surface area (Å²) in [6, 6.07) is 1.57. The number of ether oxygens (including phenoxy) is 2. The Morgan fingerprint density at radius 2 is 2.05 bits per heavy atom. The van der Waals surface area contributed by atoms with Crippen molar-refractivity contribution in [2.24, 2.45) is 0 Å². The fourth-order valence-electron chi connectivity index (χ4n) is 5.43. The lowest BCUT2D eigenvalue weighted by molar-refractivity contribution is -0.0502. The van der Waals surface area contributed by atoms with Crippen LogP contribution in [0, 0.1) is 0 Å². The van der Waals surface area contributed by atoms with Crippen LogP contribution < -0.4 is 16.9 Å². The summed E-state index contributed by atoms with van der Waals surface area (Å²) in [7, 11) is 0. The predicted molar refractivity (Wildman–Crippen MR) is 139 cm³/mol. The monoisotopic (exact) mass is 612 g/mol. The Morgan fingerprint density at radius 1 is 1.24 bits per heavy atom. The van der Waals surface area contributed by atoms with Crippen LogP contribution in [0.5, 0.6) is 0 Å². The van der Waals surface area contributed by atoms with E-state index in [1.165, 1.54) is 10.9 Å². The van der Waals surface area contributed by atoms with Crippen LogP contribution in [0.15, 0.2) is 34.5 Å². The summed E-state index contributed by atoms with van der Waals surface area (Å²) in [4.78, 5) is 52.0. The minimum atomic E-state index is -4.27. The number of nitrogen functional groups attached to an aromatic ring is 1. The van der Waals surface area contributed by atoms with Crippen LogP contribution in [0.3, 0.4) is 0 Å². The van der Waals surface area contributed by atoms with E-state index in [0.29, 0.717) is 11.0 Å². The van der Waals surface area contributed by atoms with Gasteiger partial charge in [-0.15, -0.1) is 0 Å². The van der Waals surface area contributed by atoms with E-state index in [2.05, 4.69) is 24.9 Å². The molecule has 1 saturated carbocycles. The quantitative estimate of drug-likeness (QED) is 0.133. The molecule has 1 aliphatic carbocycles. The molecule has 4 aromatic rings. The van der Waals surface area contributed by atoms with E-state index in [9.17, 15) is 24.7 Å². The Kier molecular flexibility index (Phi) is 5.99. The molecular weight excluding hydrogens is 590 g/mol. The van der Waals surface area contributed by atoms with Crippen molar-refractivity contribution in [2.75, 3.05) is 12.3 Å². The third-order valence-corrected chi connectivity index (χ3v) is 8.97. The largest absolute Gasteiger partial charge is 0.394 e. The summed E-state index contributed by atoms with van der Waals surface area (Å²) >= 11 is 5.16. The van der Waals surface area contributed by atoms with Gasteiger partial charge in [0, 0.05) is 12.6 Å². The summed E-state index contributed by atoms with van der Waals surface area (Å²) in [6.45, 7) is -5.00. The molecule has 0 spiro atoms. The van der Waals surface area contributed by atoms with E-state index >= 15 is 4.39 Å². The number of aliphatic hydroxyl groups is 2. The summed E-state index contributed by atoms with van der Waals surface area (Å²) in [5.74, 6) is -0.229. The number of anilines is 1. The molecule has 4 aromatic heterocycles. The van der Waals surface area contributed by atoms with Gasteiger partial charge in [-0.2, -0.15) is 4.98 Å². The molecule has 9 atom stereocenters. The molecule has 20 heteroatoms. The van der Waals surface area contributed by atoms with E-state index in [0.717, 1.165) is 6.33 Å². The van der Waals surface area contributed by atoms with E-state index < -0.39 is 67.5 Å². The lowest BCUT2D eigenvalue weighted by Crippen LogP contribution is -2.32. The summed E-state index contributed by atoms with van der Waals surface area (Å²) < 4.78 is 40.8. The number of nitrogens with zero attached hydrogens (tertiary/aromatic N) is 5. The number of nitrogens with one attached hydrogen (secondary N) is 2. The first kappa shape index (κ1) is 26.7. The van der Waals surface area contributed by atoms with Gasteiger partial charge >= 0.3 is 6.72 Å². The number of aromatic amines is 2. The van der Waals surface area contributed by atoms with Crippen molar-refractivity contribution in [1.29, 1.82) is 0 Å². The maximum Gasteiger partial charge on any atom is 0.325 e. The first-order valence-electron chi connectivity index (χ1n) is 12.2. The molecule has 0 bridgehead atoms. The van der Waals surface area contributed by atoms with Crippen molar-refractivity contribution >= 4 is 46.7 Å². The standard InChI is InChI=1S/C21H22FN8O9PS/c22-10-8(4-31)36-19(30-6-26-11-16(30)27-20(23)28-18(11)33)12(10)38-40(35,41)39-14-13-21(14,34)3-9(37-13)29-2-1-7-15(29)24-5-25-17(7)32/h1-2,5-6,8-10,12-14,19,31,34H,3-4H2,(H,35,41)(H,24,25,32)(H3,23,27,28,33)/t8-,9-,10-,12-,13-,14?,19-,21+,40?/m1/s1. The van der Waals surface area contributed by atoms with Gasteiger partial charge < -0.3 is 39.9 Å². The molecule has 7 rings (SSSR count). The van der Waals surface area contributed by atoms with Crippen molar-refractivity contribution in [3.8, 4) is 0 Å². The van der Waals surface area contributed by atoms with Gasteiger partial charge in [0.1, 0.15) is 41.9 Å². The highest BCUT2D eigenvalue weighted by Gasteiger charge is 2.74. The number of imidazole rings is 1. The van der Waals surface area contributed by atoms with Crippen molar-refractivity contribution in [3.63, 3.8) is 0 Å². The molecule has 41 heavy (non-hydrogen) atoms. The molecule has 0 amide bonds. The lowest BCUT2D eigenvalue weighted by Gasteiger charge is -2.26. The van der Waals surface area contributed by atoms with Crippen LogP contribution in [0.2, 0.25) is 0 Å². The van der Waals surface area contributed by atoms with E-state index in [-0.39, 0.29) is 29.1 Å². The second-order valence-electron chi connectivity index (χ2n) is 9.93. The van der Waals surface area contributed by atoms with Crippen molar-refractivity contribution in [2.45, 2.75) is 55.1 Å². The predicted octanol–water partition coefficient (Wildman–Crippen LogP) is -1.31. The maximum atomic E-state index is 15.3. The number of aliphatic hydroxyl groups excluding tert-OH is 1. The van der Waals surface area contributed by atoms with Crippen molar-refractivity contribution < 1.29 is 38.0 Å². The zero-order valence-corrected chi connectivity index (χ0v) is 22.3. The van der Waals surface area contributed by atoms with Gasteiger partial charge in [0.25, 0.3) is 11.1 Å². The van der Waals surface area contributed by atoms with E-state index in [1.807, 2.05) is 0 Å². The number of nitrogens with two attached hydrogens (primary N) is 1. The SMILES string of the molecule is Nc1nc2c(ncn2[C@@H]2O[C@H](CO)[C@@H](F)[C@H]2OP(O)(=S)OC2[C@H]3O[C@@H](n4ccc5c(=O)[nH]cnc54)C[C@@]23O)c(=O)[nH]1. The lowest BCUT2D eigenvalue weighted by atomic mass is 10.1. The smallest absolute Gasteiger partial charge is 0.325 e. The second-order valence-corrected chi connectivity index (χ2v) is 12.7. The molecule has 2 unspecified atom stereocenters. The number of fused-ring (bicyclic) bond motifs is 3. The molecule has 7 N–H and O–H groups in total. The Bertz CT molecular complexity index is 1850. The number of aromatic nitrogens is 7. The Balaban J connectivity index is 1.09. The van der Waals surface area contributed by atoms with Crippen LogP contribution in [0.1, 0.15) is 18.9 Å². The Morgan fingerprint density at radius 3 is 2.78 bits per heavy atom. The molecule has 2 aliphatic heterocycles. The van der Waals surface area contributed by atoms with Gasteiger partial charge in [-0.1, -0.05) is 0 Å². The highest BCUT2D eigenvalue weighted by atomic mass is 32.5. The number of alkyl halides is 1. The molecule has 0 radical (unpaired) electrons. The first-order chi connectivity index (χ1) is 19.5. The number of halogens is 1. The summed E-state index contributed by atoms with van der Waals surface area (Å²) in [5.41, 5.74) is 3.32. The minimum absolute atomic E-state index is 0.0199. The Labute approximate surface area is 231 Å². The molecule has 218 valence electrons. The van der Waals surface area contributed by atoms with Gasteiger partial charge in [0.15, 0.2) is 23.6 Å². The fourth-order valence-corrected chi connectivity index (χ4v) is 7.17. The zero-order chi connectivity index (χ0) is 28.8. The number of rotatable bonds is 7. The number of hydrogen-bond donors (Lipinski definition) is 6. The molecular formula is C21H22FN8O9PS. The molecule has 6 heterocycles. The van der Waals surface area contributed by atoms with Crippen LogP contribution in [0.4, 0.5) is 10.3 Å². The van der Waals surface area contributed by atoms with E-state index in [4.69, 9.17) is 36.1 Å². The normalized spacial score (nSPS) is 34.3. The number of H-pyrrole nitrogens is 2. The molecule has 0 aromatic carbocycles. The average Bonchev–Trinajstić information content (AvgIpc) is 3.49. The highest BCUT2D eigenvalue weighted by Crippen LogP contribution is 2.62. The van der Waals surface area contributed by atoms with Gasteiger partial charge in [-0.25, -0.2) is 14.4 Å². The third-order valence-electron chi connectivity index (χ3n) is 7.45. The third kappa shape index (κ3) is 4.16. The van der Waals surface area contributed by atoms with Gasteiger partial charge in [-0.3, -0.25) is 28.2 Å². The average molecular weight is 612 g/mol. The van der Waals surface area contributed by atoms with Crippen LogP contribution >= 0.6 is 6.72 Å². The van der Waals surface area contributed by atoms with Crippen molar-refractivity contribution in [1.82, 2.24) is 34.1 Å². The first-order valence-corrected chi connectivity index (χ1v) is 14.8. The Hall–Kier alpha value is -3.13. The van der Waals surface area contributed by atoms with E-state index in [1.54, 1.807) is 16.8 Å². The molecule has 3 aliphatic rings. The topological polar surface area (TPSA) is 238 Å². The van der Waals surface area contributed by atoms with Crippen molar-refractivity contribution in [3.05, 3.63) is 45.6 Å². The van der Waals surface area contributed by atoms with Crippen LogP contribution in [0.25, 0.3) is 22.2 Å². The molecule has 3 fully saturated rings. The van der Waals surface area contributed by atoms with Gasteiger partial charge in [0.05, 0.1) is 24.6 Å². The highest BCUT2D eigenvalue weighted by molar-refractivity contribution is 8.07. The number of hydrogen-bond acceptors (Lipinski definition) is 13. The molecule has 2 saturated heterocycles. The zero-order valence-electron chi connectivity index (χ0n) is 20.6. The van der Waals surface area contributed by atoms with Gasteiger partial charge in [0.2, 0.25) is 5.95 Å². The van der Waals surface area contributed by atoms with Crippen LogP contribution in [-0.4, -0.2) is 92.0 Å². The van der Waals surface area contributed by atoms with Gasteiger partial charge in [-0.05, 0) is 17.9 Å². The van der Waals surface area contributed by atoms with Crippen LogP contribution in [-0.2, 0) is 30.3 Å². The fraction of sp³-hybridized carbons (Fsp3) is 0.476. The minimum Gasteiger partial charge on any atom is -0.394 e. The molecule has 17 nitrogen and oxygen atoms in total. The summed E-state index contributed by atoms with van der Waals surface area (Å²) in [5, 5.41) is 21.1. The second kappa shape index (κ2) is 9.18.